The van der Waals surface area contributed by atoms with Gasteiger partial charge in [0.25, 0.3) is 0 Å². The van der Waals surface area contributed by atoms with Crippen LogP contribution in [0.1, 0.15) is 44.8 Å². The maximum absolute atomic E-state index is 13.2. The van der Waals surface area contributed by atoms with E-state index in [-0.39, 0.29) is 36.3 Å². The third-order valence-corrected chi connectivity index (χ3v) is 6.61. The van der Waals surface area contributed by atoms with E-state index in [4.69, 9.17) is 21.1 Å². The second-order valence-corrected chi connectivity index (χ2v) is 9.82. The fourth-order valence-electron chi connectivity index (χ4n) is 4.78. The molecule has 4 atom stereocenters. The number of halogens is 1. The molecule has 0 aliphatic carbocycles. The van der Waals surface area contributed by atoms with Crippen molar-refractivity contribution in [1.82, 2.24) is 20.9 Å². The molecule has 2 aliphatic heterocycles. The van der Waals surface area contributed by atoms with Crippen LogP contribution in [0.4, 0.5) is 9.59 Å². The lowest BCUT2D eigenvalue weighted by molar-refractivity contribution is -0.0269. The number of carbonyl (C=O) groups is 2. The summed E-state index contributed by atoms with van der Waals surface area (Å²) in [4.78, 5) is 26.5. The number of rotatable bonds is 9. The van der Waals surface area contributed by atoms with E-state index < -0.39 is 6.09 Å². The van der Waals surface area contributed by atoms with Crippen molar-refractivity contribution in [3.63, 3.8) is 0 Å². The van der Waals surface area contributed by atoms with Crippen LogP contribution in [0.25, 0.3) is 0 Å². The lowest BCUT2D eigenvalue weighted by Gasteiger charge is -2.39. The van der Waals surface area contributed by atoms with E-state index >= 15 is 0 Å². The zero-order chi connectivity index (χ0) is 25.2. The fourth-order valence-corrected chi connectivity index (χ4v) is 4.98. The average molecular weight is 511 g/mol. The van der Waals surface area contributed by atoms with Crippen molar-refractivity contribution in [3.05, 3.63) is 34.9 Å². The summed E-state index contributed by atoms with van der Waals surface area (Å²) in [5, 5.41) is 9.83. The summed E-state index contributed by atoms with van der Waals surface area (Å²) in [6.45, 7) is 7.54. The topological polar surface area (TPSA) is 101 Å². The Kier molecular flexibility index (Phi) is 10.9. The summed E-state index contributed by atoms with van der Waals surface area (Å²) in [5.41, 5.74) is 0.963. The van der Waals surface area contributed by atoms with Crippen molar-refractivity contribution < 1.29 is 23.8 Å². The Morgan fingerprint density at radius 3 is 2.86 bits per heavy atom. The second-order valence-electron chi connectivity index (χ2n) is 9.39. The highest BCUT2D eigenvalue weighted by molar-refractivity contribution is 6.30. The van der Waals surface area contributed by atoms with Gasteiger partial charge in [0.2, 0.25) is 0 Å². The Balaban J connectivity index is 1.64. The summed E-state index contributed by atoms with van der Waals surface area (Å²) < 4.78 is 16.9. The number of ether oxygens (including phenoxy) is 3. The number of hydrogen-bond acceptors (Lipinski definition) is 6. The zero-order valence-electron chi connectivity index (χ0n) is 20.9. The minimum absolute atomic E-state index is 0.00522. The van der Waals surface area contributed by atoms with E-state index in [1.807, 2.05) is 43.0 Å². The lowest BCUT2D eigenvalue weighted by atomic mass is 9.88. The maximum atomic E-state index is 13.2. The SMILES string of the molecule is COC(=O)NCCO[C@@H](c1cccc(Cl)c1)[C@@H]1CCCN(C(=O)N[C@@H]2CNCC[C@H]2OC(C)C)C1. The Labute approximate surface area is 213 Å². The van der Waals surface area contributed by atoms with Crippen molar-refractivity contribution >= 4 is 23.7 Å². The van der Waals surface area contributed by atoms with Gasteiger partial charge >= 0.3 is 12.1 Å². The summed E-state index contributed by atoms with van der Waals surface area (Å²) in [6.07, 6.45) is 2.05. The van der Waals surface area contributed by atoms with Gasteiger partial charge in [0.05, 0.1) is 38.1 Å². The number of amides is 3. The van der Waals surface area contributed by atoms with Crippen LogP contribution in [0, 0.1) is 5.92 Å². The predicted molar refractivity (Wildman–Crippen MR) is 135 cm³/mol. The van der Waals surface area contributed by atoms with Gasteiger partial charge in [-0.2, -0.15) is 0 Å². The molecule has 196 valence electrons. The molecule has 35 heavy (non-hydrogen) atoms. The number of urea groups is 1. The molecule has 0 unspecified atom stereocenters. The molecule has 10 heteroatoms. The standard InChI is InChI=1S/C25H39ClN4O5/c1-17(2)35-22-9-10-27-15-21(22)29-24(31)30-12-5-7-19(16-30)23(18-6-4-8-20(26)14-18)34-13-11-28-25(32)33-3/h4,6,8,14,17,19,21-23,27H,5,7,9-13,15-16H2,1-3H3,(H,28,32)(H,29,31)/t19-,21-,22-,23+/m1/s1. The van der Waals surface area contributed by atoms with E-state index in [0.29, 0.717) is 37.8 Å². The number of nitrogens with zero attached hydrogens (tertiary/aromatic N) is 1. The minimum Gasteiger partial charge on any atom is -0.453 e. The van der Waals surface area contributed by atoms with Crippen molar-refractivity contribution in [2.24, 2.45) is 5.92 Å². The second kappa shape index (κ2) is 13.9. The largest absolute Gasteiger partial charge is 0.453 e. The van der Waals surface area contributed by atoms with Crippen molar-refractivity contribution in [1.29, 1.82) is 0 Å². The third kappa shape index (κ3) is 8.52. The van der Waals surface area contributed by atoms with Gasteiger partial charge in [-0.15, -0.1) is 0 Å². The van der Waals surface area contributed by atoms with Crippen LogP contribution < -0.4 is 16.0 Å². The number of methoxy groups -OCH3 is 1. The summed E-state index contributed by atoms with van der Waals surface area (Å²) >= 11 is 6.27. The van der Waals surface area contributed by atoms with Crippen LogP contribution in [-0.2, 0) is 14.2 Å². The maximum Gasteiger partial charge on any atom is 0.406 e. The monoisotopic (exact) mass is 510 g/mol. The molecule has 3 rings (SSSR count). The summed E-state index contributed by atoms with van der Waals surface area (Å²) in [5.74, 6) is 0.0956. The van der Waals surface area contributed by atoms with Gasteiger partial charge in [0, 0.05) is 37.1 Å². The minimum atomic E-state index is -0.495. The van der Waals surface area contributed by atoms with Crippen molar-refractivity contribution in [3.8, 4) is 0 Å². The summed E-state index contributed by atoms with van der Waals surface area (Å²) in [7, 11) is 1.33. The number of hydrogen-bond donors (Lipinski definition) is 3. The molecule has 2 heterocycles. The zero-order valence-corrected chi connectivity index (χ0v) is 21.7. The molecule has 2 aliphatic rings. The number of piperidine rings is 2. The number of carbonyl (C=O) groups excluding carboxylic acids is 2. The van der Waals surface area contributed by atoms with Gasteiger partial charge in [0.15, 0.2) is 0 Å². The fraction of sp³-hybridized carbons (Fsp3) is 0.680. The average Bonchev–Trinajstić information content (AvgIpc) is 2.84. The van der Waals surface area contributed by atoms with Crippen LogP contribution in [0.3, 0.4) is 0 Å². The molecule has 0 spiro atoms. The van der Waals surface area contributed by atoms with Gasteiger partial charge < -0.3 is 35.1 Å². The first-order valence-electron chi connectivity index (χ1n) is 12.5. The molecular formula is C25H39ClN4O5. The van der Waals surface area contributed by atoms with Gasteiger partial charge in [-0.05, 0) is 57.4 Å². The Bertz CT molecular complexity index is 827. The number of benzene rings is 1. The molecule has 3 amide bonds. The first kappa shape index (κ1) is 27.5. The lowest BCUT2D eigenvalue weighted by Crippen LogP contribution is -2.58. The smallest absolute Gasteiger partial charge is 0.406 e. The number of likely N-dealkylation sites (tertiary alicyclic amines) is 1. The van der Waals surface area contributed by atoms with Gasteiger partial charge in [-0.3, -0.25) is 0 Å². The molecule has 0 radical (unpaired) electrons. The van der Waals surface area contributed by atoms with E-state index in [1.165, 1.54) is 7.11 Å². The first-order valence-corrected chi connectivity index (χ1v) is 12.9. The molecule has 2 fully saturated rings. The highest BCUT2D eigenvalue weighted by Crippen LogP contribution is 2.34. The van der Waals surface area contributed by atoms with E-state index in [1.54, 1.807) is 0 Å². The molecule has 3 N–H and O–H groups in total. The van der Waals surface area contributed by atoms with Crippen LogP contribution in [-0.4, -0.2) is 81.7 Å². The van der Waals surface area contributed by atoms with Crippen LogP contribution in [0.5, 0.6) is 0 Å². The molecule has 2 saturated heterocycles. The van der Waals surface area contributed by atoms with Gasteiger partial charge in [-0.25, -0.2) is 9.59 Å². The van der Waals surface area contributed by atoms with Crippen LogP contribution >= 0.6 is 11.6 Å². The molecule has 0 bridgehead atoms. The first-order chi connectivity index (χ1) is 16.9. The van der Waals surface area contributed by atoms with E-state index in [9.17, 15) is 9.59 Å². The number of alkyl carbamates (subject to hydrolysis) is 1. The quantitative estimate of drug-likeness (QED) is 0.440. The van der Waals surface area contributed by atoms with Crippen molar-refractivity contribution in [2.75, 3.05) is 46.4 Å². The van der Waals surface area contributed by atoms with Gasteiger partial charge in [-0.1, -0.05) is 23.7 Å². The molecule has 1 aromatic rings. The van der Waals surface area contributed by atoms with Crippen LogP contribution in [0.15, 0.2) is 24.3 Å². The summed E-state index contributed by atoms with van der Waals surface area (Å²) in [6, 6.07) is 7.49. The molecule has 0 aromatic heterocycles. The van der Waals surface area contributed by atoms with Crippen LogP contribution in [0.2, 0.25) is 5.02 Å². The molecule has 1 aromatic carbocycles. The predicted octanol–water partition coefficient (Wildman–Crippen LogP) is 3.33. The molecule has 9 nitrogen and oxygen atoms in total. The Hall–Kier alpha value is -2.07. The van der Waals surface area contributed by atoms with E-state index in [0.717, 1.165) is 31.4 Å². The van der Waals surface area contributed by atoms with Crippen molar-refractivity contribution in [2.45, 2.75) is 57.5 Å². The molecule has 0 saturated carbocycles. The highest BCUT2D eigenvalue weighted by atomic mass is 35.5. The Morgan fingerprint density at radius 2 is 2.11 bits per heavy atom. The Morgan fingerprint density at radius 1 is 1.29 bits per heavy atom. The number of nitrogens with one attached hydrogen (secondary N) is 3. The van der Waals surface area contributed by atoms with E-state index in [2.05, 4.69) is 20.7 Å². The van der Waals surface area contributed by atoms with Gasteiger partial charge in [0.1, 0.15) is 0 Å². The highest BCUT2D eigenvalue weighted by Gasteiger charge is 2.34. The third-order valence-electron chi connectivity index (χ3n) is 6.38. The molecular weight excluding hydrogens is 472 g/mol. The normalized spacial score (nSPS) is 23.6.